The first-order valence-corrected chi connectivity index (χ1v) is 35.5. The van der Waals surface area contributed by atoms with Gasteiger partial charge in [-0.15, -0.1) is 0 Å². The molecule has 0 radical (unpaired) electrons. The highest BCUT2D eigenvalue weighted by Gasteiger charge is 2.30. The molecule has 0 aliphatic heterocycles. The molecule has 6 atom stereocenters. The predicted molar refractivity (Wildman–Crippen MR) is 321 cm³/mol. The van der Waals surface area contributed by atoms with Gasteiger partial charge in [0.2, 0.25) is 0 Å². The molecule has 0 saturated carbocycles. The van der Waals surface area contributed by atoms with E-state index >= 15 is 0 Å². The Morgan fingerprint density at radius 3 is 0.938 bits per heavy atom. The highest BCUT2D eigenvalue weighted by atomic mass is 31.2. The molecule has 3 N–H and O–H groups in total. The lowest BCUT2D eigenvalue weighted by molar-refractivity contribution is -0.161. The van der Waals surface area contributed by atoms with Gasteiger partial charge in [0.05, 0.1) is 26.4 Å². The summed E-state index contributed by atoms with van der Waals surface area (Å²) in [7, 11) is -9.87. The van der Waals surface area contributed by atoms with Crippen LogP contribution in [0, 0.1) is 11.8 Å². The minimum atomic E-state index is -4.94. The zero-order valence-electron chi connectivity index (χ0n) is 52.1. The number of ether oxygens (including phenoxy) is 4. The van der Waals surface area contributed by atoms with Gasteiger partial charge in [-0.05, 0) is 37.5 Å². The van der Waals surface area contributed by atoms with E-state index in [4.69, 9.17) is 37.0 Å². The fourth-order valence-electron chi connectivity index (χ4n) is 9.15. The third-order valence-corrected chi connectivity index (χ3v) is 16.5. The molecular weight excluding hydrogens is 1080 g/mol. The average molecular weight is 1200 g/mol. The molecule has 0 heterocycles. The lowest BCUT2D eigenvalue weighted by Crippen LogP contribution is -2.30. The van der Waals surface area contributed by atoms with Crippen molar-refractivity contribution in [3.05, 3.63) is 0 Å². The van der Waals surface area contributed by atoms with Crippen LogP contribution >= 0.6 is 15.6 Å². The Hall–Kier alpha value is -1.94. The topological polar surface area (TPSA) is 237 Å². The van der Waals surface area contributed by atoms with Crippen LogP contribution in [0.25, 0.3) is 0 Å². The van der Waals surface area contributed by atoms with Crippen LogP contribution < -0.4 is 0 Å². The molecule has 0 aliphatic rings. The molecule has 0 rings (SSSR count). The Bertz CT molecular complexity index is 1600. The monoisotopic (exact) mass is 1200 g/mol. The van der Waals surface area contributed by atoms with E-state index in [0.29, 0.717) is 25.7 Å². The van der Waals surface area contributed by atoms with Gasteiger partial charge in [-0.1, -0.05) is 253 Å². The highest BCUT2D eigenvalue weighted by Crippen LogP contribution is 2.45. The van der Waals surface area contributed by atoms with E-state index in [-0.39, 0.29) is 25.7 Å². The van der Waals surface area contributed by atoms with E-state index in [1.54, 1.807) is 0 Å². The first-order valence-electron chi connectivity index (χ1n) is 32.5. The number of phosphoric acid groups is 2. The molecule has 480 valence electrons. The van der Waals surface area contributed by atoms with Gasteiger partial charge in [0.25, 0.3) is 0 Å². The SMILES string of the molecule is CCCCCCCCCCCCCC(=O)O[C@H](COC(=O)CCCCCCC)COP(=O)(O)OC[C@H](O)COP(=O)(O)OC[C@@H](COC(=O)CCCCCCCCCCC(C)C)OC(=O)CCCCCCCCCCCCC(C)CC. The van der Waals surface area contributed by atoms with E-state index < -0.39 is 97.5 Å². The van der Waals surface area contributed by atoms with Crippen molar-refractivity contribution in [2.45, 2.75) is 323 Å². The van der Waals surface area contributed by atoms with Crippen molar-refractivity contribution < 1.29 is 80.2 Å². The first-order chi connectivity index (χ1) is 38.9. The molecule has 3 unspecified atom stereocenters. The van der Waals surface area contributed by atoms with Crippen LogP contribution in [0.4, 0.5) is 0 Å². The fourth-order valence-corrected chi connectivity index (χ4v) is 10.7. The van der Waals surface area contributed by atoms with Gasteiger partial charge in [-0.3, -0.25) is 37.3 Å². The number of carbonyl (C=O) groups is 4. The molecule has 81 heavy (non-hydrogen) atoms. The van der Waals surface area contributed by atoms with Crippen LogP contribution in [-0.2, 0) is 65.4 Å². The number of hydrogen-bond acceptors (Lipinski definition) is 15. The van der Waals surface area contributed by atoms with Gasteiger partial charge in [0.15, 0.2) is 12.2 Å². The summed E-state index contributed by atoms with van der Waals surface area (Å²) in [5.74, 6) is -0.618. The summed E-state index contributed by atoms with van der Waals surface area (Å²) >= 11 is 0. The number of phosphoric ester groups is 2. The summed E-state index contributed by atoms with van der Waals surface area (Å²) in [4.78, 5) is 71.9. The molecule has 0 aliphatic carbocycles. The number of carbonyl (C=O) groups excluding carboxylic acids is 4. The number of aliphatic hydroxyl groups is 1. The maximum absolute atomic E-state index is 12.9. The van der Waals surface area contributed by atoms with Crippen molar-refractivity contribution in [2.24, 2.45) is 11.8 Å². The minimum absolute atomic E-state index is 0.105. The summed E-state index contributed by atoms with van der Waals surface area (Å²) in [5, 5.41) is 10.5. The van der Waals surface area contributed by atoms with Crippen molar-refractivity contribution in [3.63, 3.8) is 0 Å². The van der Waals surface area contributed by atoms with Crippen molar-refractivity contribution in [1.29, 1.82) is 0 Å². The van der Waals surface area contributed by atoms with Crippen LogP contribution in [0.3, 0.4) is 0 Å². The van der Waals surface area contributed by atoms with E-state index in [1.807, 2.05) is 0 Å². The maximum atomic E-state index is 12.9. The van der Waals surface area contributed by atoms with E-state index in [9.17, 15) is 43.2 Å². The lowest BCUT2D eigenvalue weighted by Gasteiger charge is -2.21. The highest BCUT2D eigenvalue weighted by molar-refractivity contribution is 7.47. The maximum Gasteiger partial charge on any atom is 0.472 e. The predicted octanol–water partition coefficient (Wildman–Crippen LogP) is 16.9. The van der Waals surface area contributed by atoms with E-state index in [1.165, 1.54) is 116 Å². The molecule has 0 spiro atoms. The van der Waals surface area contributed by atoms with Crippen molar-refractivity contribution >= 4 is 39.5 Å². The van der Waals surface area contributed by atoms with Crippen LogP contribution in [0.2, 0.25) is 0 Å². The van der Waals surface area contributed by atoms with E-state index in [0.717, 1.165) is 108 Å². The molecule has 0 bridgehead atoms. The number of hydrogen-bond donors (Lipinski definition) is 3. The third kappa shape index (κ3) is 55.7. The number of rotatable bonds is 61. The van der Waals surface area contributed by atoms with Crippen LogP contribution in [0.15, 0.2) is 0 Å². The Morgan fingerprint density at radius 1 is 0.358 bits per heavy atom. The van der Waals surface area contributed by atoms with Gasteiger partial charge in [-0.2, -0.15) is 0 Å². The van der Waals surface area contributed by atoms with Gasteiger partial charge >= 0.3 is 39.5 Å². The largest absolute Gasteiger partial charge is 0.472 e. The summed E-state index contributed by atoms with van der Waals surface area (Å²) in [6, 6.07) is 0. The Balaban J connectivity index is 5.19. The smallest absolute Gasteiger partial charge is 0.462 e. The Labute approximate surface area is 492 Å². The third-order valence-electron chi connectivity index (χ3n) is 14.6. The van der Waals surface area contributed by atoms with E-state index in [2.05, 4.69) is 41.5 Å². The lowest BCUT2D eigenvalue weighted by atomic mass is 9.99. The van der Waals surface area contributed by atoms with Gasteiger partial charge in [0, 0.05) is 25.7 Å². The van der Waals surface area contributed by atoms with Crippen molar-refractivity contribution in [1.82, 2.24) is 0 Å². The Kier molecular flexibility index (Phi) is 53.4. The van der Waals surface area contributed by atoms with Crippen molar-refractivity contribution in [2.75, 3.05) is 39.6 Å². The average Bonchev–Trinajstić information content (AvgIpc) is 3.43. The molecule has 0 fully saturated rings. The standard InChI is InChI=1S/C62H120O17P2/c1-7-10-12-14-15-16-17-21-28-34-40-46-61(66)78-57(50-72-59(64)44-38-30-13-11-8-2)52-76-80(68,69)74-48-56(63)49-75-81(70,71)77-53-58(51-73-60(65)45-39-33-27-24-23-25-31-36-42-54(4)5)79-62(67)47-41-35-29-22-19-18-20-26-32-37-43-55(6)9-3/h54-58,63H,7-53H2,1-6H3,(H,68,69)(H,70,71)/t55?,56-,57+,58+/m0/s1. The normalized spacial score (nSPS) is 14.7. The second-order valence-electron chi connectivity index (χ2n) is 23.2. The number of unbranched alkanes of at least 4 members (excludes halogenated alkanes) is 30. The van der Waals surface area contributed by atoms with Crippen LogP contribution in [-0.4, -0.2) is 96.7 Å². The molecule has 0 saturated heterocycles. The first kappa shape index (κ1) is 79.1. The molecule has 19 heteroatoms. The zero-order chi connectivity index (χ0) is 60.1. The molecule has 0 aromatic rings. The van der Waals surface area contributed by atoms with Gasteiger partial charge in [0.1, 0.15) is 19.3 Å². The van der Waals surface area contributed by atoms with Gasteiger partial charge in [-0.25, -0.2) is 9.13 Å². The van der Waals surface area contributed by atoms with Crippen LogP contribution in [0.5, 0.6) is 0 Å². The molecule has 17 nitrogen and oxygen atoms in total. The second kappa shape index (κ2) is 54.7. The minimum Gasteiger partial charge on any atom is -0.462 e. The summed E-state index contributed by atoms with van der Waals surface area (Å²) < 4.78 is 67.7. The quantitative estimate of drug-likeness (QED) is 0.0222. The molecule has 0 aromatic heterocycles. The summed E-state index contributed by atoms with van der Waals surface area (Å²) in [6.45, 7) is 9.38. The van der Waals surface area contributed by atoms with Gasteiger partial charge < -0.3 is 33.8 Å². The molecule has 0 aromatic carbocycles. The molecule has 0 amide bonds. The number of esters is 4. The Morgan fingerprint density at radius 2 is 0.630 bits per heavy atom. The molecular formula is C62H120O17P2. The zero-order valence-corrected chi connectivity index (χ0v) is 53.9. The van der Waals surface area contributed by atoms with Crippen molar-refractivity contribution in [3.8, 4) is 0 Å². The van der Waals surface area contributed by atoms with Crippen LogP contribution in [0.1, 0.15) is 305 Å². The fraction of sp³-hybridized carbons (Fsp3) is 0.935. The summed E-state index contributed by atoms with van der Waals surface area (Å²) in [6.07, 6.45) is 36.4. The summed E-state index contributed by atoms with van der Waals surface area (Å²) in [5.41, 5.74) is 0. The number of aliphatic hydroxyl groups excluding tert-OH is 1. The second-order valence-corrected chi connectivity index (χ2v) is 26.1.